The average Bonchev–Trinajstić information content (AvgIpc) is 3.10. The zero-order valence-electron chi connectivity index (χ0n) is 11.9. The van der Waals surface area contributed by atoms with E-state index in [1.54, 1.807) is 12.1 Å². The Labute approximate surface area is 138 Å². The minimum absolute atomic E-state index is 0.00998. The molecule has 0 spiro atoms. The summed E-state index contributed by atoms with van der Waals surface area (Å²) >= 11 is 4.59. The summed E-state index contributed by atoms with van der Waals surface area (Å²) in [7, 11) is 0. The Morgan fingerprint density at radius 1 is 1.33 bits per heavy atom. The van der Waals surface area contributed by atoms with Crippen LogP contribution in [0.5, 0.6) is 0 Å². The number of aromatic nitrogens is 2. The second-order valence-electron chi connectivity index (χ2n) is 4.75. The minimum atomic E-state index is -4.41. The van der Waals surface area contributed by atoms with Gasteiger partial charge in [0.2, 0.25) is 0 Å². The van der Waals surface area contributed by atoms with Gasteiger partial charge in [0.1, 0.15) is 5.76 Å². The van der Waals surface area contributed by atoms with Crippen LogP contribution in [0.4, 0.5) is 13.2 Å². The van der Waals surface area contributed by atoms with Gasteiger partial charge in [-0.15, -0.1) is 0 Å². The summed E-state index contributed by atoms with van der Waals surface area (Å²) in [6.07, 6.45) is -3.06. The van der Waals surface area contributed by atoms with Crippen molar-refractivity contribution in [1.82, 2.24) is 15.4 Å². The van der Waals surface area contributed by atoms with Crippen LogP contribution in [0, 0.1) is 0 Å². The first kappa shape index (κ1) is 16.0. The second kappa shape index (κ2) is 5.96. The molecule has 3 aromatic rings. The lowest BCUT2D eigenvalue weighted by atomic mass is 10.2. The van der Waals surface area contributed by atoms with E-state index in [1.807, 2.05) is 0 Å². The zero-order valence-corrected chi connectivity index (χ0v) is 12.7. The van der Waals surface area contributed by atoms with Crippen molar-refractivity contribution >= 4 is 34.6 Å². The van der Waals surface area contributed by atoms with Crippen molar-refractivity contribution in [3.63, 3.8) is 0 Å². The van der Waals surface area contributed by atoms with E-state index in [2.05, 4.69) is 32.7 Å². The third kappa shape index (κ3) is 3.38. The summed E-state index contributed by atoms with van der Waals surface area (Å²) in [5, 5.41) is 3.75. The molecule has 0 aliphatic heterocycles. The molecule has 2 aromatic heterocycles. The number of rotatable bonds is 3. The molecule has 0 saturated heterocycles. The molecule has 0 saturated carbocycles. The molecule has 1 aromatic carbocycles. The first-order valence-electron chi connectivity index (χ1n) is 6.58. The fraction of sp³-hybridized carbons (Fsp3) is 0.0714. The van der Waals surface area contributed by atoms with Crippen molar-refractivity contribution in [3.05, 3.63) is 41.7 Å². The Balaban J connectivity index is 1.88. The van der Waals surface area contributed by atoms with Crippen LogP contribution >= 0.6 is 12.2 Å². The van der Waals surface area contributed by atoms with Crippen molar-refractivity contribution in [2.24, 2.45) is 10.8 Å². The maximum Gasteiger partial charge on any atom is 0.416 e. The highest BCUT2D eigenvalue weighted by Gasteiger charge is 2.30. The van der Waals surface area contributed by atoms with Gasteiger partial charge in [-0.05, 0) is 42.5 Å². The van der Waals surface area contributed by atoms with Gasteiger partial charge in [0.25, 0.3) is 0 Å². The summed E-state index contributed by atoms with van der Waals surface area (Å²) in [5.41, 5.74) is 7.51. The summed E-state index contributed by atoms with van der Waals surface area (Å²) < 4.78 is 43.7. The highest BCUT2D eigenvalue weighted by molar-refractivity contribution is 7.80. The van der Waals surface area contributed by atoms with Crippen molar-refractivity contribution in [2.45, 2.75) is 6.18 Å². The van der Waals surface area contributed by atoms with Crippen LogP contribution in [-0.2, 0) is 6.18 Å². The van der Waals surface area contributed by atoms with E-state index in [0.717, 1.165) is 12.1 Å². The molecule has 0 atom stereocenters. The van der Waals surface area contributed by atoms with E-state index >= 15 is 0 Å². The lowest BCUT2D eigenvalue weighted by Crippen LogP contribution is -2.23. The Morgan fingerprint density at radius 2 is 2.12 bits per heavy atom. The number of thiocarbonyl (C=S) groups is 1. The van der Waals surface area contributed by atoms with Gasteiger partial charge in [-0.2, -0.15) is 18.3 Å². The monoisotopic (exact) mass is 353 g/mol. The standard InChI is InChI=1S/C14H10F3N5OS/c15-14(16,17)7-1-3-9-10(5-7)21-12(20-9)11-4-2-8(23-11)6-19-22-13(18)24/h1-6H,(H,20,21)(H3,18,22,24)/b19-6+. The zero-order chi connectivity index (χ0) is 17.3. The highest BCUT2D eigenvalue weighted by Crippen LogP contribution is 2.31. The molecule has 10 heteroatoms. The van der Waals surface area contributed by atoms with Gasteiger partial charge < -0.3 is 15.1 Å². The van der Waals surface area contributed by atoms with Gasteiger partial charge in [0, 0.05) is 0 Å². The van der Waals surface area contributed by atoms with Gasteiger partial charge in [-0.3, -0.25) is 5.43 Å². The SMILES string of the molecule is NC(=S)N/N=C/c1ccc(-c2nc3ccc(C(F)(F)F)cc3[nH]2)o1. The first-order valence-corrected chi connectivity index (χ1v) is 6.99. The van der Waals surface area contributed by atoms with Crippen LogP contribution in [0.3, 0.4) is 0 Å². The number of halogens is 3. The van der Waals surface area contributed by atoms with Gasteiger partial charge in [-0.1, -0.05) is 0 Å². The molecule has 0 amide bonds. The largest absolute Gasteiger partial charge is 0.452 e. The number of fused-ring (bicyclic) bond motifs is 1. The molecule has 6 nitrogen and oxygen atoms in total. The van der Waals surface area contributed by atoms with E-state index in [-0.39, 0.29) is 10.6 Å². The Kier molecular flexibility index (Phi) is 3.97. The number of hydrazone groups is 1. The molecule has 0 aliphatic carbocycles. The molecule has 3 rings (SSSR count). The average molecular weight is 353 g/mol. The van der Waals surface area contributed by atoms with Crippen molar-refractivity contribution < 1.29 is 17.6 Å². The molecule has 2 heterocycles. The van der Waals surface area contributed by atoms with Crippen LogP contribution in [0.2, 0.25) is 0 Å². The van der Waals surface area contributed by atoms with E-state index in [4.69, 9.17) is 10.2 Å². The maximum absolute atomic E-state index is 12.7. The summed E-state index contributed by atoms with van der Waals surface area (Å²) in [5.74, 6) is 1.06. The quantitative estimate of drug-likeness (QED) is 0.382. The van der Waals surface area contributed by atoms with E-state index in [9.17, 15) is 13.2 Å². The number of furan rings is 1. The number of hydrogen-bond donors (Lipinski definition) is 3. The number of nitrogens with zero attached hydrogens (tertiary/aromatic N) is 2. The van der Waals surface area contributed by atoms with Crippen LogP contribution in [0.25, 0.3) is 22.6 Å². The third-order valence-corrected chi connectivity index (χ3v) is 3.13. The number of alkyl halides is 3. The Bertz CT molecular complexity index is 928. The predicted molar refractivity (Wildman–Crippen MR) is 86.3 cm³/mol. The molecule has 0 radical (unpaired) electrons. The molecular formula is C14H10F3N5OS. The van der Waals surface area contributed by atoms with E-state index in [1.165, 1.54) is 12.3 Å². The molecule has 0 bridgehead atoms. The molecule has 0 aliphatic rings. The van der Waals surface area contributed by atoms with Gasteiger partial charge >= 0.3 is 6.18 Å². The molecule has 0 unspecified atom stereocenters. The van der Waals surface area contributed by atoms with Crippen molar-refractivity contribution in [1.29, 1.82) is 0 Å². The smallest absolute Gasteiger partial charge is 0.416 e. The number of nitrogens with two attached hydrogens (primary N) is 1. The van der Waals surface area contributed by atoms with Crippen LogP contribution < -0.4 is 11.2 Å². The first-order chi connectivity index (χ1) is 11.3. The number of aromatic amines is 1. The number of H-pyrrole nitrogens is 1. The van der Waals surface area contributed by atoms with Crippen LogP contribution in [0.15, 0.2) is 39.9 Å². The maximum atomic E-state index is 12.7. The van der Waals surface area contributed by atoms with Gasteiger partial charge in [-0.25, -0.2) is 4.98 Å². The van der Waals surface area contributed by atoms with E-state index < -0.39 is 11.7 Å². The number of hydrogen-bond acceptors (Lipinski definition) is 4. The number of benzene rings is 1. The predicted octanol–water partition coefficient (Wildman–Crippen LogP) is 3.01. The fourth-order valence-electron chi connectivity index (χ4n) is 2.01. The van der Waals surface area contributed by atoms with E-state index in [0.29, 0.717) is 22.9 Å². The minimum Gasteiger partial charge on any atom is -0.452 e. The summed E-state index contributed by atoms with van der Waals surface area (Å²) in [6.45, 7) is 0. The fourth-order valence-corrected chi connectivity index (χ4v) is 2.06. The molecular weight excluding hydrogens is 343 g/mol. The summed E-state index contributed by atoms with van der Waals surface area (Å²) in [4.78, 5) is 7.02. The van der Waals surface area contributed by atoms with Crippen LogP contribution in [-0.4, -0.2) is 21.3 Å². The molecule has 124 valence electrons. The molecule has 24 heavy (non-hydrogen) atoms. The van der Waals surface area contributed by atoms with Crippen LogP contribution in [0.1, 0.15) is 11.3 Å². The lowest BCUT2D eigenvalue weighted by molar-refractivity contribution is -0.137. The van der Waals surface area contributed by atoms with Gasteiger partial charge in [0.15, 0.2) is 16.7 Å². The highest BCUT2D eigenvalue weighted by atomic mass is 32.1. The van der Waals surface area contributed by atoms with Gasteiger partial charge in [0.05, 0.1) is 22.8 Å². The van der Waals surface area contributed by atoms with Crippen molar-refractivity contribution in [3.8, 4) is 11.6 Å². The second-order valence-corrected chi connectivity index (χ2v) is 5.19. The number of nitrogens with one attached hydrogen (secondary N) is 2. The Hall–Kier alpha value is -2.88. The summed E-state index contributed by atoms with van der Waals surface area (Å²) in [6, 6.07) is 6.52. The Morgan fingerprint density at radius 3 is 2.83 bits per heavy atom. The molecule has 4 N–H and O–H groups in total. The third-order valence-electron chi connectivity index (χ3n) is 3.04. The number of imidazole rings is 1. The van der Waals surface area contributed by atoms with Crippen molar-refractivity contribution in [2.75, 3.05) is 0 Å². The normalized spacial score (nSPS) is 12.1. The topological polar surface area (TPSA) is 92.2 Å². The molecule has 0 fully saturated rings. The lowest BCUT2D eigenvalue weighted by Gasteiger charge is -2.05.